The van der Waals surface area contributed by atoms with Gasteiger partial charge in [-0.2, -0.15) is 10.4 Å². The van der Waals surface area contributed by atoms with Crippen LogP contribution in [0.1, 0.15) is 16.8 Å². The van der Waals surface area contributed by atoms with E-state index < -0.39 is 15.8 Å². The quantitative estimate of drug-likeness (QED) is 0.902. The molecule has 0 aliphatic heterocycles. The highest BCUT2D eigenvalue weighted by Gasteiger charge is 2.20. The first-order valence-electron chi connectivity index (χ1n) is 5.58. The molecule has 0 bridgehead atoms. The average molecular weight is 294 g/mol. The normalized spacial score (nSPS) is 11.1. The van der Waals surface area contributed by atoms with Gasteiger partial charge in [0.05, 0.1) is 29.2 Å². The highest BCUT2D eigenvalue weighted by molar-refractivity contribution is 7.92. The predicted octanol–water partition coefficient (Wildman–Crippen LogP) is 1.84. The molecule has 1 aromatic carbocycles. The van der Waals surface area contributed by atoms with Crippen molar-refractivity contribution in [2.24, 2.45) is 0 Å². The zero-order valence-electron chi connectivity index (χ0n) is 10.7. The van der Waals surface area contributed by atoms with Gasteiger partial charge in [-0.1, -0.05) is 0 Å². The number of aromatic nitrogens is 2. The molecule has 20 heavy (non-hydrogen) atoms. The van der Waals surface area contributed by atoms with Gasteiger partial charge in [-0.25, -0.2) is 12.8 Å². The Morgan fingerprint density at radius 2 is 2.10 bits per heavy atom. The average Bonchev–Trinajstić information content (AvgIpc) is 2.81. The van der Waals surface area contributed by atoms with Gasteiger partial charge in [-0.15, -0.1) is 0 Å². The van der Waals surface area contributed by atoms with Gasteiger partial charge in [0.25, 0.3) is 10.0 Å². The third-order valence-corrected chi connectivity index (χ3v) is 4.27. The Morgan fingerprint density at radius 3 is 2.65 bits per heavy atom. The maximum absolute atomic E-state index is 13.6. The number of anilines is 1. The fourth-order valence-electron chi connectivity index (χ4n) is 1.66. The van der Waals surface area contributed by atoms with Gasteiger partial charge in [0.1, 0.15) is 10.7 Å². The van der Waals surface area contributed by atoms with E-state index >= 15 is 0 Å². The first-order valence-corrected chi connectivity index (χ1v) is 7.06. The minimum atomic E-state index is -3.88. The third-order valence-electron chi connectivity index (χ3n) is 2.79. The monoisotopic (exact) mass is 294 g/mol. The van der Waals surface area contributed by atoms with Crippen molar-refractivity contribution in [1.29, 1.82) is 5.26 Å². The number of halogens is 1. The van der Waals surface area contributed by atoms with Crippen molar-refractivity contribution >= 4 is 15.7 Å². The number of aryl methyl sites for hydroxylation is 1. The molecular formula is C12H11FN4O2S. The summed E-state index contributed by atoms with van der Waals surface area (Å²) in [5.74, 6) is -0.648. The lowest BCUT2D eigenvalue weighted by atomic mass is 10.1. The van der Waals surface area contributed by atoms with E-state index in [4.69, 9.17) is 5.26 Å². The molecule has 0 spiro atoms. The van der Waals surface area contributed by atoms with E-state index in [2.05, 4.69) is 14.9 Å². The molecule has 0 atom stereocenters. The molecule has 1 heterocycles. The van der Waals surface area contributed by atoms with Gasteiger partial charge in [0.2, 0.25) is 0 Å². The summed E-state index contributed by atoms with van der Waals surface area (Å²) in [4.78, 5) is -0.0281. The summed E-state index contributed by atoms with van der Waals surface area (Å²) in [6.07, 6.45) is 1.16. The summed E-state index contributed by atoms with van der Waals surface area (Å²) >= 11 is 0. The molecule has 6 nitrogen and oxygen atoms in total. The summed E-state index contributed by atoms with van der Waals surface area (Å²) in [6, 6.07) is 4.11. The molecule has 0 amide bonds. The molecule has 1 aromatic heterocycles. The lowest BCUT2D eigenvalue weighted by Gasteiger charge is -2.11. The Morgan fingerprint density at radius 1 is 1.40 bits per heavy atom. The van der Waals surface area contributed by atoms with Crippen molar-refractivity contribution in [2.45, 2.75) is 18.7 Å². The zero-order valence-corrected chi connectivity index (χ0v) is 11.5. The molecule has 0 saturated carbocycles. The van der Waals surface area contributed by atoms with Crippen LogP contribution >= 0.6 is 0 Å². The number of benzene rings is 1. The van der Waals surface area contributed by atoms with Crippen LogP contribution in [0.15, 0.2) is 23.2 Å². The smallest absolute Gasteiger partial charge is 0.265 e. The van der Waals surface area contributed by atoms with Crippen molar-refractivity contribution in [3.63, 3.8) is 0 Å². The van der Waals surface area contributed by atoms with Crippen LogP contribution in [-0.4, -0.2) is 18.6 Å². The number of nitrogens with zero attached hydrogens (tertiary/aromatic N) is 2. The summed E-state index contributed by atoms with van der Waals surface area (Å²) in [5.41, 5.74) is 0.553. The Kier molecular flexibility index (Phi) is 3.46. The van der Waals surface area contributed by atoms with Crippen LogP contribution in [0, 0.1) is 31.0 Å². The molecular weight excluding hydrogens is 283 g/mol. The highest BCUT2D eigenvalue weighted by Crippen LogP contribution is 2.24. The summed E-state index contributed by atoms with van der Waals surface area (Å²) < 4.78 is 40.2. The molecule has 2 aromatic rings. The largest absolute Gasteiger partial charge is 0.281 e. The third kappa shape index (κ3) is 2.48. The van der Waals surface area contributed by atoms with Crippen LogP contribution in [0.2, 0.25) is 0 Å². The summed E-state index contributed by atoms with van der Waals surface area (Å²) in [7, 11) is -3.88. The molecule has 2 rings (SSSR count). The van der Waals surface area contributed by atoms with Crippen LogP contribution in [0.4, 0.5) is 10.1 Å². The SMILES string of the molecule is Cc1[nH]ncc1S(=O)(=O)Nc1cc(C#N)cc(F)c1C. The van der Waals surface area contributed by atoms with Crippen molar-refractivity contribution in [1.82, 2.24) is 10.2 Å². The van der Waals surface area contributed by atoms with Gasteiger partial charge >= 0.3 is 0 Å². The fraction of sp³-hybridized carbons (Fsp3) is 0.167. The topological polar surface area (TPSA) is 98.6 Å². The molecule has 8 heteroatoms. The van der Waals surface area contributed by atoms with Crippen LogP contribution in [0.3, 0.4) is 0 Å². The van der Waals surface area contributed by atoms with Crippen molar-refractivity contribution in [3.8, 4) is 6.07 Å². The molecule has 0 radical (unpaired) electrons. The van der Waals surface area contributed by atoms with Crippen LogP contribution in [0.25, 0.3) is 0 Å². The van der Waals surface area contributed by atoms with Gasteiger partial charge in [-0.3, -0.25) is 9.82 Å². The van der Waals surface area contributed by atoms with E-state index in [9.17, 15) is 12.8 Å². The summed E-state index contributed by atoms with van der Waals surface area (Å²) in [6.45, 7) is 2.98. The Bertz CT molecular complexity index is 805. The van der Waals surface area contributed by atoms with E-state index in [0.717, 1.165) is 12.3 Å². The number of rotatable bonds is 3. The van der Waals surface area contributed by atoms with Gasteiger partial charge in [0, 0.05) is 5.56 Å². The molecule has 0 aliphatic rings. The lowest BCUT2D eigenvalue weighted by molar-refractivity contribution is 0.600. The number of sulfonamides is 1. The van der Waals surface area contributed by atoms with Gasteiger partial charge in [-0.05, 0) is 26.0 Å². The van der Waals surface area contributed by atoms with Crippen molar-refractivity contribution in [2.75, 3.05) is 4.72 Å². The number of H-pyrrole nitrogens is 1. The Labute approximate surface area is 115 Å². The molecule has 0 saturated heterocycles. The fourth-order valence-corrected chi connectivity index (χ4v) is 2.91. The summed E-state index contributed by atoms with van der Waals surface area (Å²) in [5, 5.41) is 14.9. The van der Waals surface area contributed by atoms with Crippen LogP contribution in [0.5, 0.6) is 0 Å². The maximum Gasteiger partial charge on any atom is 0.265 e. The molecule has 0 fully saturated rings. The van der Waals surface area contributed by atoms with Gasteiger partial charge in [0.15, 0.2) is 0 Å². The van der Waals surface area contributed by atoms with E-state index in [-0.39, 0.29) is 21.7 Å². The van der Waals surface area contributed by atoms with E-state index in [1.807, 2.05) is 0 Å². The van der Waals surface area contributed by atoms with E-state index in [1.54, 1.807) is 13.0 Å². The van der Waals surface area contributed by atoms with Crippen LogP contribution in [-0.2, 0) is 10.0 Å². The second kappa shape index (κ2) is 4.94. The maximum atomic E-state index is 13.6. The number of nitrogens with one attached hydrogen (secondary N) is 2. The predicted molar refractivity (Wildman–Crippen MR) is 70.0 cm³/mol. The lowest BCUT2D eigenvalue weighted by Crippen LogP contribution is -2.14. The molecule has 2 N–H and O–H groups in total. The highest BCUT2D eigenvalue weighted by atomic mass is 32.2. The molecule has 104 valence electrons. The first kappa shape index (κ1) is 14.0. The van der Waals surface area contributed by atoms with Crippen molar-refractivity contribution in [3.05, 3.63) is 41.0 Å². The number of hydrogen-bond acceptors (Lipinski definition) is 4. The van der Waals surface area contributed by atoms with Gasteiger partial charge < -0.3 is 0 Å². The standard InChI is InChI=1S/C12H11FN4O2S/c1-7-10(13)3-9(5-14)4-11(7)17-20(18,19)12-6-15-16-8(12)2/h3-4,6,17H,1-2H3,(H,15,16). The Hall–Kier alpha value is -2.40. The Balaban J connectivity index is 2.48. The van der Waals surface area contributed by atoms with Crippen molar-refractivity contribution < 1.29 is 12.8 Å². The first-order chi connectivity index (χ1) is 9.35. The minimum Gasteiger partial charge on any atom is -0.281 e. The minimum absolute atomic E-state index is 0.0281. The molecule has 0 aliphatic carbocycles. The van der Waals surface area contributed by atoms with E-state index in [0.29, 0.717) is 5.69 Å². The number of hydrogen-bond donors (Lipinski definition) is 2. The number of nitriles is 1. The second-order valence-electron chi connectivity index (χ2n) is 4.21. The molecule has 0 unspecified atom stereocenters. The number of aromatic amines is 1. The van der Waals surface area contributed by atoms with E-state index in [1.165, 1.54) is 13.0 Å². The zero-order chi connectivity index (χ0) is 14.9. The second-order valence-corrected chi connectivity index (χ2v) is 5.86. The van der Waals surface area contributed by atoms with Crippen LogP contribution < -0.4 is 4.72 Å².